The number of thiophene rings is 1. The molecule has 1 aromatic heterocycles. The first kappa shape index (κ1) is 21.6. The van der Waals surface area contributed by atoms with Gasteiger partial charge in [0.2, 0.25) is 0 Å². The molecule has 1 N–H and O–H groups in total. The zero-order chi connectivity index (χ0) is 22.9. The number of halogens is 1. The highest BCUT2D eigenvalue weighted by molar-refractivity contribution is 7.10. The summed E-state index contributed by atoms with van der Waals surface area (Å²) in [7, 11) is 0. The third kappa shape index (κ3) is 4.11. The highest BCUT2D eigenvalue weighted by atomic mass is 32.1. The van der Waals surface area contributed by atoms with Crippen molar-refractivity contribution in [1.82, 2.24) is 4.90 Å². The van der Waals surface area contributed by atoms with E-state index >= 15 is 0 Å². The Balaban J connectivity index is 1.52. The molecule has 5 rings (SSSR count). The first-order valence-electron chi connectivity index (χ1n) is 11.2. The lowest BCUT2D eigenvalue weighted by Crippen LogP contribution is -2.31. The molecule has 1 fully saturated rings. The zero-order valence-electron chi connectivity index (χ0n) is 18.1. The summed E-state index contributed by atoms with van der Waals surface area (Å²) in [6.07, 6.45) is 4.74. The van der Waals surface area contributed by atoms with Crippen molar-refractivity contribution in [3.05, 3.63) is 98.5 Å². The van der Waals surface area contributed by atoms with Crippen molar-refractivity contribution in [3.8, 4) is 0 Å². The molecule has 1 aliphatic heterocycles. The van der Waals surface area contributed by atoms with Gasteiger partial charge in [0.25, 0.3) is 11.7 Å². The van der Waals surface area contributed by atoms with E-state index in [2.05, 4.69) is 0 Å². The molecule has 33 heavy (non-hydrogen) atoms. The number of Topliss-reactive ketones (excluding diaryl/α,β-unsaturated/α-hetero) is 1. The summed E-state index contributed by atoms with van der Waals surface area (Å²) in [6, 6.07) is 15.1. The second-order valence-corrected chi connectivity index (χ2v) is 9.55. The minimum Gasteiger partial charge on any atom is -0.507 e. The van der Waals surface area contributed by atoms with Crippen LogP contribution in [-0.2, 0) is 28.9 Å². The number of amides is 1. The molecule has 2 aromatic carbocycles. The molecular formula is C27H24FNO3S. The Morgan fingerprint density at radius 1 is 1.03 bits per heavy atom. The van der Waals surface area contributed by atoms with Crippen molar-refractivity contribution in [2.24, 2.45) is 0 Å². The Hall–Kier alpha value is -3.25. The lowest BCUT2D eigenvalue weighted by atomic mass is 9.89. The molecule has 4 nitrogen and oxygen atoms in total. The van der Waals surface area contributed by atoms with Gasteiger partial charge in [0, 0.05) is 17.0 Å². The van der Waals surface area contributed by atoms with Crippen molar-refractivity contribution in [2.45, 2.75) is 38.1 Å². The highest BCUT2D eigenvalue weighted by Gasteiger charge is 2.46. The van der Waals surface area contributed by atoms with Gasteiger partial charge < -0.3 is 10.0 Å². The van der Waals surface area contributed by atoms with Crippen LogP contribution in [0.2, 0.25) is 0 Å². The van der Waals surface area contributed by atoms with Crippen molar-refractivity contribution < 1.29 is 19.1 Å². The minimum atomic E-state index is -0.664. The number of benzene rings is 2. The van der Waals surface area contributed by atoms with Gasteiger partial charge in [0.15, 0.2) is 0 Å². The van der Waals surface area contributed by atoms with Crippen LogP contribution in [0.3, 0.4) is 0 Å². The van der Waals surface area contributed by atoms with E-state index in [-0.39, 0.29) is 17.1 Å². The standard InChI is InChI=1S/C27H24FNO3S/c28-21-11-7-17(8-12-21)13-14-29-24(22-6-3-15-33-22)23(26(31)27(29)32)25(30)20-10-9-18-4-1-2-5-19(18)16-20/h3,6-12,15-16,24,30H,1-2,4-5,13-14H2/b25-23-. The average Bonchev–Trinajstić information content (AvgIpc) is 3.45. The van der Waals surface area contributed by atoms with Gasteiger partial charge in [0.1, 0.15) is 11.6 Å². The summed E-state index contributed by atoms with van der Waals surface area (Å²) in [5.41, 5.74) is 4.07. The molecule has 1 unspecified atom stereocenters. The smallest absolute Gasteiger partial charge is 0.295 e. The number of fused-ring (bicyclic) bond motifs is 1. The molecule has 1 atom stereocenters. The highest BCUT2D eigenvalue weighted by Crippen LogP contribution is 2.41. The first-order valence-corrected chi connectivity index (χ1v) is 12.1. The summed E-state index contributed by atoms with van der Waals surface area (Å²) >= 11 is 1.45. The molecule has 2 heterocycles. The molecule has 1 amide bonds. The summed E-state index contributed by atoms with van der Waals surface area (Å²) in [5, 5.41) is 13.2. The number of carbonyl (C=O) groups excluding carboxylic acids is 2. The third-order valence-corrected chi connectivity index (χ3v) is 7.45. The Labute approximate surface area is 196 Å². The Morgan fingerprint density at radius 3 is 2.52 bits per heavy atom. The van der Waals surface area contributed by atoms with Crippen LogP contribution >= 0.6 is 11.3 Å². The van der Waals surface area contributed by atoms with Gasteiger partial charge in [0.05, 0.1) is 11.6 Å². The molecule has 0 bridgehead atoms. The maximum atomic E-state index is 13.3. The Kier molecular flexibility index (Phi) is 5.85. The number of ketones is 1. The monoisotopic (exact) mass is 461 g/mol. The number of hydrogen-bond donors (Lipinski definition) is 1. The molecule has 3 aromatic rings. The Bertz CT molecular complexity index is 1230. The van der Waals surface area contributed by atoms with Gasteiger partial charge in [-0.3, -0.25) is 9.59 Å². The molecule has 0 radical (unpaired) electrons. The third-order valence-electron chi connectivity index (χ3n) is 6.53. The van der Waals surface area contributed by atoms with Crippen molar-refractivity contribution in [3.63, 3.8) is 0 Å². The maximum Gasteiger partial charge on any atom is 0.295 e. The molecule has 168 valence electrons. The van der Waals surface area contributed by atoms with Gasteiger partial charge in [-0.2, -0.15) is 0 Å². The molecular weight excluding hydrogens is 437 g/mol. The second kappa shape index (κ2) is 8.94. The molecule has 0 saturated carbocycles. The van der Waals surface area contributed by atoms with E-state index in [1.54, 1.807) is 12.1 Å². The number of likely N-dealkylation sites (tertiary alicyclic amines) is 1. The fourth-order valence-corrected chi connectivity index (χ4v) is 5.64. The fraction of sp³-hybridized carbons (Fsp3) is 0.259. The predicted octanol–water partition coefficient (Wildman–Crippen LogP) is 5.43. The maximum absolute atomic E-state index is 13.3. The number of aliphatic hydroxyl groups is 1. The molecule has 1 aliphatic carbocycles. The van der Waals surface area contributed by atoms with Crippen LogP contribution in [0.4, 0.5) is 4.39 Å². The normalized spacial score (nSPS) is 19.7. The second-order valence-electron chi connectivity index (χ2n) is 8.57. The summed E-state index contributed by atoms with van der Waals surface area (Å²) in [5.74, 6) is -1.72. The number of aryl methyl sites for hydroxylation is 2. The number of nitrogens with zero attached hydrogens (tertiary/aromatic N) is 1. The van der Waals surface area contributed by atoms with E-state index in [9.17, 15) is 19.1 Å². The quantitative estimate of drug-likeness (QED) is 0.313. The van der Waals surface area contributed by atoms with E-state index in [0.29, 0.717) is 18.5 Å². The summed E-state index contributed by atoms with van der Waals surface area (Å²) in [6.45, 7) is 0.291. The van der Waals surface area contributed by atoms with E-state index in [4.69, 9.17) is 0 Å². The largest absolute Gasteiger partial charge is 0.507 e. The van der Waals surface area contributed by atoms with Crippen molar-refractivity contribution >= 4 is 28.8 Å². The first-order chi connectivity index (χ1) is 16.0. The average molecular weight is 462 g/mol. The molecule has 2 aliphatic rings. The van der Waals surface area contributed by atoms with Crippen LogP contribution in [0, 0.1) is 5.82 Å². The van der Waals surface area contributed by atoms with Crippen LogP contribution < -0.4 is 0 Å². The summed E-state index contributed by atoms with van der Waals surface area (Å²) in [4.78, 5) is 28.5. The predicted molar refractivity (Wildman–Crippen MR) is 127 cm³/mol. The Morgan fingerprint density at radius 2 is 1.79 bits per heavy atom. The minimum absolute atomic E-state index is 0.121. The molecule has 6 heteroatoms. The van der Waals surface area contributed by atoms with Crippen molar-refractivity contribution in [1.29, 1.82) is 0 Å². The lowest BCUT2D eigenvalue weighted by molar-refractivity contribution is -0.139. The topological polar surface area (TPSA) is 57.6 Å². The van der Waals surface area contributed by atoms with E-state index < -0.39 is 17.7 Å². The van der Waals surface area contributed by atoms with Gasteiger partial charge in [-0.05, 0) is 78.4 Å². The van der Waals surface area contributed by atoms with Crippen LogP contribution in [-0.4, -0.2) is 28.2 Å². The number of rotatable bonds is 5. The summed E-state index contributed by atoms with van der Waals surface area (Å²) < 4.78 is 13.3. The number of hydrogen-bond acceptors (Lipinski definition) is 4. The van der Waals surface area contributed by atoms with Gasteiger partial charge in [-0.25, -0.2) is 4.39 Å². The van der Waals surface area contributed by atoms with Gasteiger partial charge in [-0.1, -0.05) is 30.3 Å². The van der Waals surface area contributed by atoms with Crippen LogP contribution in [0.25, 0.3) is 5.76 Å². The van der Waals surface area contributed by atoms with Crippen molar-refractivity contribution in [2.75, 3.05) is 6.54 Å². The van der Waals surface area contributed by atoms with Gasteiger partial charge in [-0.15, -0.1) is 11.3 Å². The van der Waals surface area contributed by atoms with Crippen LogP contribution in [0.1, 0.15) is 46.0 Å². The number of carbonyl (C=O) groups is 2. The fourth-order valence-electron chi connectivity index (χ4n) is 4.79. The van der Waals surface area contributed by atoms with E-state index in [0.717, 1.165) is 36.1 Å². The molecule has 1 saturated heterocycles. The SMILES string of the molecule is O=C1C(=O)N(CCc2ccc(F)cc2)C(c2cccs2)/C1=C(/O)c1ccc2c(c1)CCCC2. The van der Waals surface area contributed by atoms with E-state index in [1.165, 1.54) is 39.5 Å². The molecule has 0 spiro atoms. The van der Waals surface area contributed by atoms with Gasteiger partial charge >= 0.3 is 0 Å². The van der Waals surface area contributed by atoms with E-state index in [1.807, 2.05) is 35.7 Å². The van der Waals surface area contributed by atoms with Crippen LogP contribution in [0.15, 0.2) is 65.6 Å². The van der Waals surface area contributed by atoms with Crippen LogP contribution in [0.5, 0.6) is 0 Å². The lowest BCUT2D eigenvalue weighted by Gasteiger charge is -2.24. The number of aliphatic hydroxyl groups excluding tert-OH is 1. The zero-order valence-corrected chi connectivity index (χ0v) is 18.9.